The van der Waals surface area contributed by atoms with Gasteiger partial charge in [-0.15, -0.1) is 0 Å². The van der Waals surface area contributed by atoms with E-state index in [-0.39, 0.29) is 0 Å². The summed E-state index contributed by atoms with van der Waals surface area (Å²) in [7, 11) is 2.05. The number of hydrogen-bond donors (Lipinski definition) is 1. The second-order valence-corrected chi connectivity index (χ2v) is 6.02. The molecule has 0 bridgehead atoms. The average molecular weight is 286 g/mol. The van der Waals surface area contributed by atoms with Crippen LogP contribution in [-0.4, -0.2) is 7.05 Å². The van der Waals surface area contributed by atoms with Gasteiger partial charge in [-0.3, -0.25) is 0 Å². The van der Waals surface area contributed by atoms with Gasteiger partial charge in [-0.1, -0.05) is 48.0 Å². The van der Waals surface area contributed by atoms with Gasteiger partial charge in [0.1, 0.15) is 0 Å². The summed E-state index contributed by atoms with van der Waals surface area (Å²) in [5, 5.41) is 4.30. The summed E-state index contributed by atoms with van der Waals surface area (Å²) in [6.07, 6.45) is 2.34. The van der Waals surface area contributed by atoms with Crippen LogP contribution in [0.4, 0.5) is 0 Å². The van der Waals surface area contributed by atoms with E-state index in [1.807, 2.05) is 7.05 Å². The summed E-state index contributed by atoms with van der Waals surface area (Å²) in [5.74, 6) is 0.467. The van der Waals surface area contributed by atoms with Crippen LogP contribution in [0.25, 0.3) is 0 Å². The Balaban J connectivity index is 2.05. The molecule has 1 aliphatic rings. The van der Waals surface area contributed by atoms with Crippen molar-refractivity contribution < 1.29 is 0 Å². The van der Waals surface area contributed by atoms with Gasteiger partial charge in [-0.25, -0.2) is 0 Å². The van der Waals surface area contributed by atoms with E-state index < -0.39 is 0 Å². The van der Waals surface area contributed by atoms with Crippen LogP contribution in [0.15, 0.2) is 42.5 Å². The molecule has 0 fully saturated rings. The molecular formula is C18H20ClN. The first-order valence-electron chi connectivity index (χ1n) is 7.23. The summed E-state index contributed by atoms with van der Waals surface area (Å²) in [5.41, 5.74) is 5.36. The molecule has 1 aliphatic carbocycles. The van der Waals surface area contributed by atoms with E-state index in [9.17, 15) is 0 Å². The number of rotatable bonds is 2. The molecule has 2 heteroatoms. The van der Waals surface area contributed by atoms with Gasteiger partial charge in [0.05, 0.1) is 0 Å². The number of fused-ring (bicyclic) bond motifs is 1. The lowest BCUT2D eigenvalue weighted by atomic mass is 9.76. The van der Waals surface area contributed by atoms with Crippen molar-refractivity contribution >= 4 is 11.6 Å². The van der Waals surface area contributed by atoms with Gasteiger partial charge in [0.25, 0.3) is 0 Å². The highest BCUT2D eigenvalue weighted by Crippen LogP contribution is 2.41. The lowest BCUT2D eigenvalue weighted by molar-refractivity contribution is 0.471. The fourth-order valence-electron chi connectivity index (χ4n) is 3.26. The molecule has 0 aliphatic heterocycles. The summed E-state index contributed by atoms with van der Waals surface area (Å²) in [4.78, 5) is 0. The highest BCUT2D eigenvalue weighted by atomic mass is 35.5. The first kappa shape index (κ1) is 13.7. The molecule has 104 valence electrons. The van der Waals surface area contributed by atoms with Crippen molar-refractivity contribution in [3.8, 4) is 0 Å². The second-order valence-electron chi connectivity index (χ2n) is 5.61. The van der Waals surface area contributed by atoms with Gasteiger partial charge >= 0.3 is 0 Å². The van der Waals surface area contributed by atoms with Crippen LogP contribution >= 0.6 is 11.6 Å². The Morgan fingerprint density at radius 1 is 1.05 bits per heavy atom. The number of hydrogen-bond acceptors (Lipinski definition) is 1. The number of benzene rings is 2. The maximum absolute atomic E-state index is 6.30. The molecule has 0 aromatic heterocycles. The number of halogens is 1. The molecule has 1 nitrogen and oxygen atoms in total. The molecule has 20 heavy (non-hydrogen) atoms. The van der Waals surface area contributed by atoms with Crippen molar-refractivity contribution in [3.05, 3.63) is 69.7 Å². The van der Waals surface area contributed by atoms with E-state index in [1.165, 1.54) is 29.5 Å². The summed E-state index contributed by atoms with van der Waals surface area (Å²) in [6.45, 7) is 2.05. The molecule has 1 N–H and O–H groups in total. The SMILES string of the molecule is CN[C@H]1CCC(c2ccc(C)c(Cl)c2)c2ccccc21. The lowest BCUT2D eigenvalue weighted by Crippen LogP contribution is -2.24. The van der Waals surface area contributed by atoms with E-state index in [2.05, 4.69) is 54.7 Å². The standard InChI is InChI=1S/C18H20ClN/c1-12-7-8-13(11-17(12)19)14-9-10-18(20-2)16-6-4-3-5-15(14)16/h3-8,11,14,18,20H,9-10H2,1-2H3/t14?,18-/m0/s1. The van der Waals surface area contributed by atoms with Gasteiger partial charge in [0, 0.05) is 17.0 Å². The van der Waals surface area contributed by atoms with Gasteiger partial charge in [0.2, 0.25) is 0 Å². The van der Waals surface area contributed by atoms with Gasteiger partial charge in [-0.2, -0.15) is 0 Å². The third-order valence-electron chi connectivity index (χ3n) is 4.44. The minimum absolute atomic E-state index is 0.467. The summed E-state index contributed by atoms with van der Waals surface area (Å²) < 4.78 is 0. The van der Waals surface area contributed by atoms with E-state index in [1.54, 1.807) is 0 Å². The molecule has 0 amide bonds. The zero-order chi connectivity index (χ0) is 14.1. The number of nitrogens with one attached hydrogen (secondary N) is 1. The zero-order valence-electron chi connectivity index (χ0n) is 12.0. The fraction of sp³-hybridized carbons (Fsp3) is 0.333. The first-order valence-corrected chi connectivity index (χ1v) is 7.60. The topological polar surface area (TPSA) is 12.0 Å². The lowest BCUT2D eigenvalue weighted by Gasteiger charge is -2.32. The Morgan fingerprint density at radius 2 is 1.80 bits per heavy atom. The van der Waals surface area contributed by atoms with E-state index >= 15 is 0 Å². The molecule has 2 aromatic rings. The average Bonchev–Trinajstić information content (AvgIpc) is 2.49. The largest absolute Gasteiger partial charge is 0.313 e. The smallest absolute Gasteiger partial charge is 0.0438 e. The molecule has 0 radical (unpaired) electrons. The van der Waals surface area contributed by atoms with Crippen LogP contribution in [0.3, 0.4) is 0 Å². The Morgan fingerprint density at radius 3 is 2.50 bits per heavy atom. The molecule has 2 atom stereocenters. The van der Waals surface area contributed by atoms with Crippen LogP contribution < -0.4 is 5.32 Å². The van der Waals surface area contributed by atoms with Crippen molar-refractivity contribution in [2.75, 3.05) is 7.05 Å². The minimum atomic E-state index is 0.467. The van der Waals surface area contributed by atoms with Gasteiger partial charge in [0.15, 0.2) is 0 Å². The van der Waals surface area contributed by atoms with Crippen LogP contribution in [0.5, 0.6) is 0 Å². The minimum Gasteiger partial charge on any atom is -0.313 e. The Hall–Kier alpha value is -1.31. The molecule has 0 spiro atoms. The molecule has 0 heterocycles. The molecule has 0 saturated heterocycles. The maximum atomic E-state index is 6.30. The quantitative estimate of drug-likeness (QED) is 0.833. The molecule has 3 rings (SSSR count). The molecule has 0 saturated carbocycles. The highest BCUT2D eigenvalue weighted by Gasteiger charge is 2.27. The van der Waals surface area contributed by atoms with Crippen molar-refractivity contribution in [2.45, 2.75) is 31.7 Å². The van der Waals surface area contributed by atoms with Gasteiger partial charge in [-0.05, 0) is 55.1 Å². The third kappa shape index (κ3) is 2.36. The van der Waals surface area contributed by atoms with Crippen molar-refractivity contribution in [1.82, 2.24) is 5.32 Å². The Labute approximate surface area is 126 Å². The molecule has 1 unspecified atom stereocenters. The highest BCUT2D eigenvalue weighted by molar-refractivity contribution is 6.31. The van der Waals surface area contributed by atoms with E-state index in [0.29, 0.717) is 12.0 Å². The maximum Gasteiger partial charge on any atom is 0.0438 e. The van der Waals surface area contributed by atoms with Crippen LogP contribution in [-0.2, 0) is 0 Å². The van der Waals surface area contributed by atoms with Crippen LogP contribution in [0.2, 0.25) is 5.02 Å². The van der Waals surface area contributed by atoms with Gasteiger partial charge < -0.3 is 5.32 Å². The monoisotopic (exact) mass is 285 g/mol. The van der Waals surface area contributed by atoms with Crippen molar-refractivity contribution in [1.29, 1.82) is 0 Å². The van der Waals surface area contributed by atoms with Crippen LogP contribution in [0, 0.1) is 6.92 Å². The van der Waals surface area contributed by atoms with E-state index in [0.717, 1.165) is 10.6 Å². The van der Waals surface area contributed by atoms with Crippen molar-refractivity contribution in [2.24, 2.45) is 0 Å². The van der Waals surface area contributed by atoms with E-state index in [4.69, 9.17) is 11.6 Å². The Bertz CT molecular complexity index is 621. The molecular weight excluding hydrogens is 266 g/mol. The van der Waals surface area contributed by atoms with Crippen molar-refractivity contribution in [3.63, 3.8) is 0 Å². The Kier molecular flexibility index (Phi) is 3.82. The predicted molar refractivity (Wildman–Crippen MR) is 85.5 cm³/mol. The van der Waals surface area contributed by atoms with Crippen LogP contribution in [0.1, 0.15) is 47.1 Å². The zero-order valence-corrected chi connectivity index (χ0v) is 12.7. The normalized spacial score (nSPS) is 21.6. The third-order valence-corrected chi connectivity index (χ3v) is 4.84. The predicted octanol–water partition coefficient (Wildman–Crippen LogP) is 4.83. The summed E-state index contributed by atoms with van der Waals surface area (Å²) in [6, 6.07) is 15.7. The molecule has 2 aromatic carbocycles. The summed E-state index contributed by atoms with van der Waals surface area (Å²) >= 11 is 6.30. The number of aryl methyl sites for hydroxylation is 1. The fourth-order valence-corrected chi connectivity index (χ4v) is 3.45. The first-order chi connectivity index (χ1) is 9.70. The second kappa shape index (κ2) is 5.59.